The minimum absolute atomic E-state index is 0.101. The fraction of sp³-hybridized carbons (Fsp3) is 0.222. The molecule has 1 heterocycles. The number of nitrogens with zero attached hydrogens (tertiary/aromatic N) is 1. The Bertz CT molecular complexity index is 851. The van der Waals surface area contributed by atoms with Gasteiger partial charge in [0, 0.05) is 23.1 Å². The van der Waals surface area contributed by atoms with Crippen molar-refractivity contribution in [3.05, 3.63) is 57.6 Å². The fourth-order valence-electron chi connectivity index (χ4n) is 2.49. The van der Waals surface area contributed by atoms with Crippen molar-refractivity contribution in [3.63, 3.8) is 0 Å². The van der Waals surface area contributed by atoms with Crippen LogP contribution in [0.3, 0.4) is 0 Å². The van der Waals surface area contributed by atoms with Gasteiger partial charge in [0.2, 0.25) is 0 Å². The molecule has 0 fully saturated rings. The average Bonchev–Trinajstić information content (AvgIpc) is 2.58. The molecule has 0 aliphatic carbocycles. The second kappa shape index (κ2) is 7.33. The van der Waals surface area contributed by atoms with E-state index in [0.29, 0.717) is 28.7 Å². The van der Waals surface area contributed by atoms with Gasteiger partial charge in [0.1, 0.15) is 17.6 Å². The van der Waals surface area contributed by atoms with E-state index >= 15 is 0 Å². The Balaban J connectivity index is 1.85. The van der Waals surface area contributed by atoms with Gasteiger partial charge in [0.15, 0.2) is 0 Å². The Morgan fingerprint density at radius 1 is 1.24 bits per heavy atom. The molecule has 0 saturated carbocycles. The van der Waals surface area contributed by atoms with E-state index in [1.54, 1.807) is 25.3 Å². The maximum absolute atomic E-state index is 12.2. The summed E-state index contributed by atoms with van der Waals surface area (Å²) in [6, 6.07) is 9.94. The lowest BCUT2D eigenvalue weighted by Crippen LogP contribution is -2.25. The van der Waals surface area contributed by atoms with Gasteiger partial charge in [-0.2, -0.15) is 0 Å². The van der Waals surface area contributed by atoms with Crippen molar-refractivity contribution >= 4 is 34.9 Å². The number of carbonyl (C=O) groups is 1. The van der Waals surface area contributed by atoms with E-state index in [1.807, 2.05) is 13.0 Å². The summed E-state index contributed by atoms with van der Waals surface area (Å²) >= 11 is 11.8. The molecule has 0 radical (unpaired) electrons. The third kappa shape index (κ3) is 3.89. The number of benzene rings is 2. The molecule has 2 aromatic rings. The van der Waals surface area contributed by atoms with Gasteiger partial charge < -0.3 is 14.3 Å². The molecular weight excluding hydrogens is 365 g/mol. The first-order valence-electron chi connectivity index (χ1n) is 7.56. The lowest BCUT2D eigenvalue weighted by Gasteiger charge is -2.24. The quantitative estimate of drug-likeness (QED) is 0.571. The molecule has 2 aromatic carbocycles. The van der Waals surface area contributed by atoms with Crippen LogP contribution in [0.15, 0.2) is 41.6 Å². The van der Waals surface area contributed by atoms with Crippen molar-refractivity contribution in [2.75, 3.05) is 7.11 Å². The summed E-state index contributed by atoms with van der Waals surface area (Å²) in [5.41, 5.74) is 1.58. The molecule has 3 rings (SSSR count). The largest absolute Gasteiger partial charge is 0.497 e. The molecule has 0 aromatic heterocycles. The van der Waals surface area contributed by atoms with Gasteiger partial charge in [-0.15, -0.1) is 0 Å². The molecule has 25 heavy (non-hydrogen) atoms. The number of rotatable bonds is 3. The molecule has 7 heteroatoms. The molecule has 0 unspecified atom stereocenters. The lowest BCUT2D eigenvalue weighted by molar-refractivity contribution is 0.0513. The number of halogens is 2. The summed E-state index contributed by atoms with van der Waals surface area (Å²) in [5, 5.41) is 4.68. The number of oxime groups is 1. The number of ether oxygens (including phenoxy) is 2. The molecule has 0 spiro atoms. The summed E-state index contributed by atoms with van der Waals surface area (Å²) in [5.74, 6) is 0.665. The topological polar surface area (TPSA) is 57.1 Å². The van der Waals surface area contributed by atoms with Gasteiger partial charge in [-0.1, -0.05) is 28.4 Å². The summed E-state index contributed by atoms with van der Waals surface area (Å²) in [4.78, 5) is 17.3. The smallest absolute Gasteiger partial charge is 0.367 e. The van der Waals surface area contributed by atoms with Crippen molar-refractivity contribution in [1.82, 2.24) is 0 Å². The highest BCUT2D eigenvalue weighted by molar-refractivity contribution is 6.36. The highest BCUT2D eigenvalue weighted by Gasteiger charge is 2.24. The van der Waals surface area contributed by atoms with Crippen LogP contribution in [0.25, 0.3) is 0 Å². The van der Waals surface area contributed by atoms with E-state index in [9.17, 15) is 4.79 Å². The van der Waals surface area contributed by atoms with Crippen LogP contribution in [0.5, 0.6) is 11.5 Å². The Hall–Kier alpha value is -2.24. The second-order valence-corrected chi connectivity index (χ2v) is 6.38. The number of hydrogen-bond donors (Lipinski definition) is 0. The SMILES string of the molecule is COc1ccc2c(c1)O[C@H](C)C/C2=N\OC(=O)c1ccc(Cl)cc1Cl. The minimum Gasteiger partial charge on any atom is -0.497 e. The van der Waals surface area contributed by atoms with Crippen LogP contribution in [0.1, 0.15) is 29.3 Å². The highest BCUT2D eigenvalue weighted by atomic mass is 35.5. The van der Waals surface area contributed by atoms with Crippen LogP contribution in [-0.4, -0.2) is 24.9 Å². The van der Waals surface area contributed by atoms with Crippen molar-refractivity contribution in [2.24, 2.45) is 5.16 Å². The molecule has 1 atom stereocenters. The van der Waals surface area contributed by atoms with E-state index < -0.39 is 5.97 Å². The molecule has 1 aliphatic heterocycles. The molecule has 0 N–H and O–H groups in total. The van der Waals surface area contributed by atoms with Crippen LogP contribution >= 0.6 is 23.2 Å². The summed E-state index contributed by atoms with van der Waals surface area (Å²) in [7, 11) is 1.58. The summed E-state index contributed by atoms with van der Waals surface area (Å²) in [6.07, 6.45) is 0.414. The number of carbonyl (C=O) groups excluding carboxylic acids is 1. The first-order chi connectivity index (χ1) is 12.0. The van der Waals surface area contributed by atoms with Crippen LogP contribution < -0.4 is 9.47 Å². The third-order valence-corrected chi connectivity index (χ3v) is 4.25. The normalized spacial score (nSPS) is 17.6. The Morgan fingerprint density at radius 2 is 2.04 bits per heavy atom. The molecule has 0 saturated heterocycles. The second-order valence-electron chi connectivity index (χ2n) is 5.54. The summed E-state index contributed by atoms with van der Waals surface area (Å²) in [6.45, 7) is 1.91. The van der Waals surface area contributed by atoms with Crippen molar-refractivity contribution in [1.29, 1.82) is 0 Å². The number of hydrogen-bond acceptors (Lipinski definition) is 5. The van der Waals surface area contributed by atoms with E-state index in [4.69, 9.17) is 37.5 Å². The molecule has 1 aliphatic rings. The third-order valence-electron chi connectivity index (χ3n) is 3.70. The van der Waals surface area contributed by atoms with E-state index in [-0.39, 0.29) is 16.7 Å². The average molecular weight is 380 g/mol. The Labute approximate surface area is 155 Å². The fourth-order valence-corrected chi connectivity index (χ4v) is 2.98. The molecule has 0 bridgehead atoms. The van der Waals surface area contributed by atoms with Crippen LogP contribution in [-0.2, 0) is 4.84 Å². The van der Waals surface area contributed by atoms with Crippen LogP contribution in [0, 0.1) is 0 Å². The highest BCUT2D eigenvalue weighted by Crippen LogP contribution is 2.32. The number of fused-ring (bicyclic) bond motifs is 1. The Kier molecular flexibility index (Phi) is 5.16. The van der Waals surface area contributed by atoms with E-state index in [0.717, 1.165) is 5.56 Å². The predicted molar refractivity (Wildman–Crippen MR) is 96.1 cm³/mol. The minimum atomic E-state index is -0.650. The maximum atomic E-state index is 12.2. The molecule has 0 amide bonds. The van der Waals surface area contributed by atoms with Gasteiger partial charge >= 0.3 is 5.97 Å². The first-order valence-corrected chi connectivity index (χ1v) is 8.32. The van der Waals surface area contributed by atoms with E-state index in [2.05, 4.69) is 5.16 Å². The van der Waals surface area contributed by atoms with Gasteiger partial charge in [0.05, 0.1) is 23.4 Å². The molecule has 5 nitrogen and oxygen atoms in total. The molecular formula is C18H15Cl2NO4. The zero-order chi connectivity index (χ0) is 18.0. The zero-order valence-corrected chi connectivity index (χ0v) is 15.1. The van der Waals surface area contributed by atoms with Gasteiger partial charge in [-0.05, 0) is 37.3 Å². The predicted octanol–water partition coefficient (Wildman–Crippen LogP) is 4.73. The van der Waals surface area contributed by atoms with Gasteiger partial charge in [-0.25, -0.2) is 4.79 Å². The summed E-state index contributed by atoms with van der Waals surface area (Å²) < 4.78 is 11.0. The van der Waals surface area contributed by atoms with Crippen molar-refractivity contribution in [3.8, 4) is 11.5 Å². The first kappa shape index (κ1) is 17.6. The van der Waals surface area contributed by atoms with E-state index in [1.165, 1.54) is 12.1 Å². The van der Waals surface area contributed by atoms with Crippen molar-refractivity contribution < 1.29 is 19.1 Å². The lowest BCUT2D eigenvalue weighted by atomic mass is 10.0. The Morgan fingerprint density at radius 3 is 2.76 bits per heavy atom. The molecule has 130 valence electrons. The monoisotopic (exact) mass is 379 g/mol. The number of methoxy groups -OCH3 is 1. The van der Waals surface area contributed by atoms with Crippen LogP contribution in [0.2, 0.25) is 10.0 Å². The maximum Gasteiger partial charge on any atom is 0.367 e. The van der Waals surface area contributed by atoms with Gasteiger partial charge in [0.25, 0.3) is 0 Å². The van der Waals surface area contributed by atoms with Crippen LogP contribution in [0.4, 0.5) is 0 Å². The van der Waals surface area contributed by atoms with Crippen molar-refractivity contribution in [2.45, 2.75) is 19.4 Å². The van der Waals surface area contributed by atoms with Gasteiger partial charge in [-0.3, -0.25) is 0 Å². The standard InChI is InChI=1S/C18H15Cl2NO4/c1-10-7-16(14-6-4-12(23-2)9-17(14)24-10)21-25-18(22)13-5-3-11(19)8-15(13)20/h3-6,8-10H,7H2,1-2H3/b21-16+/t10-/m1/s1. The zero-order valence-electron chi connectivity index (χ0n) is 13.6.